The van der Waals surface area contributed by atoms with Crippen molar-refractivity contribution >= 4 is 17.2 Å². The molecule has 0 fully saturated rings. The summed E-state index contributed by atoms with van der Waals surface area (Å²) in [6.45, 7) is 3.20. The molecule has 0 N–H and O–H groups in total. The number of benzene rings is 1. The Morgan fingerprint density at radius 3 is 2.72 bits per heavy atom. The van der Waals surface area contributed by atoms with Gasteiger partial charge in [0.25, 0.3) is 0 Å². The molecule has 1 aromatic carbocycles. The van der Waals surface area contributed by atoms with E-state index in [4.69, 9.17) is 16.3 Å². The van der Waals surface area contributed by atoms with Gasteiger partial charge in [0, 0.05) is 29.9 Å². The number of hydrogen-bond donors (Lipinski definition) is 0. The number of rotatable bonds is 6. The first-order chi connectivity index (χ1) is 12.0. The van der Waals surface area contributed by atoms with Crippen molar-refractivity contribution in [3.8, 4) is 5.88 Å². The molecule has 1 aliphatic carbocycles. The fourth-order valence-electron chi connectivity index (χ4n) is 3.53. The normalized spacial score (nSPS) is 14.8. The SMILES string of the molecule is COc1nccnc1C(C)C1=C(CCN(C)C)Cc2cc(Cl)ccc21. The van der Waals surface area contributed by atoms with Crippen LogP contribution in [0.2, 0.25) is 5.02 Å². The van der Waals surface area contributed by atoms with Crippen molar-refractivity contribution in [2.45, 2.75) is 25.7 Å². The van der Waals surface area contributed by atoms with Gasteiger partial charge in [0.2, 0.25) is 5.88 Å². The summed E-state index contributed by atoms with van der Waals surface area (Å²) < 4.78 is 5.44. The summed E-state index contributed by atoms with van der Waals surface area (Å²) in [6.07, 6.45) is 5.37. The van der Waals surface area contributed by atoms with Gasteiger partial charge in [-0.1, -0.05) is 30.2 Å². The molecule has 0 bridgehead atoms. The fraction of sp³-hybridized carbons (Fsp3) is 0.400. The Morgan fingerprint density at radius 1 is 1.24 bits per heavy atom. The minimum Gasteiger partial charge on any atom is -0.480 e. The van der Waals surface area contributed by atoms with Crippen molar-refractivity contribution in [3.63, 3.8) is 0 Å². The van der Waals surface area contributed by atoms with Crippen LogP contribution in [0.25, 0.3) is 5.57 Å². The average Bonchev–Trinajstić information content (AvgIpc) is 2.96. The predicted octanol–water partition coefficient (Wildman–Crippen LogP) is 4.20. The Labute approximate surface area is 154 Å². The number of fused-ring (bicyclic) bond motifs is 1. The van der Waals surface area contributed by atoms with Gasteiger partial charge in [-0.25, -0.2) is 4.98 Å². The van der Waals surface area contributed by atoms with Gasteiger partial charge in [-0.15, -0.1) is 0 Å². The number of allylic oxidation sites excluding steroid dienone is 1. The molecule has 0 radical (unpaired) electrons. The summed E-state index contributed by atoms with van der Waals surface area (Å²) in [4.78, 5) is 11.1. The first-order valence-electron chi connectivity index (χ1n) is 8.51. The van der Waals surface area contributed by atoms with Crippen molar-refractivity contribution < 1.29 is 4.74 Å². The molecule has 0 saturated heterocycles. The Morgan fingerprint density at radius 2 is 2.00 bits per heavy atom. The van der Waals surface area contributed by atoms with E-state index in [0.717, 1.165) is 30.1 Å². The smallest absolute Gasteiger partial charge is 0.235 e. The maximum Gasteiger partial charge on any atom is 0.235 e. The molecule has 1 aliphatic rings. The Hall–Kier alpha value is -1.91. The molecule has 132 valence electrons. The molecule has 1 atom stereocenters. The molecular weight excluding hydrogens is 334 g/mol. The third-order valence-electron chi connectivity index (χ3n) is 4.73. The highest BCUT2D eigenvalue weighted by molar-refractivity contribution is 6.30. The summed E-state index contributed by atoms with van der Waals surface area (Å²) in [6, 6.07) is 6.19. The van der Waals surface area contributed by atoms with Gasteiger partial charge < -0.3 is 9.64 Å². The summed E-state index contributed by atoms with van der Waals surface area (Å²) in [5.41, 5.74) is 6.24. The quantitative estimate of drug-likeness (QED) is 0.776. The van der Waals surface area contributed by atoms with Gasteiger partial charge in [-0.3, -0.25) is 4.98 Å². The highest BCUT2D eigenvalue weighted by atomic mass is 35.5. The maximum absolute atomic E-state index is 6.22. The molecule has 1 unspecified atom stereocenters. The zero-order chi connectivity index (χ0) is 18.0. The van der Waals surface area contributed by atoms with E-state index in [2.05, 4.69) is 48.0 Å². The zero-order valence-corrected chi connectivity index (χ0v) is 16.0. The van der Waals surface area contributed by atoms with Crippen LogP contribution in [-0.4, -0.2) is 42.6 Å². The highest BCUT2D eigenvalue weighted by Gasteiger charge is 2.28. The third-order valence-corrected chi connectivity index (χ3v) is 4.97. The number of nitrogens with zero attached hydrogens (tertiary/aromatic N) is 3. The standard InChI is InChI=1S/C20H24ClN3O/c1-13(19-20(25-4)23-9-8-22-19)18-14(7-10-24(2)3)11-15-12-16(21)5-6-17(15)18/h5-6,8-9,12-13H,7,10-11H2,1-4H3. The lowest BCUT2D eigenvalue weighted by molar-refractivity contribution is 0.388. The lowest BCUT2D eigenvalue weighted by Gasteiger charge is -2.19. The monoisotopic (exact) mass is 357 g/mol. The van der Waals surface area contributed by atoms with E-state index in [9.17, 15) is 0 Å². The molecule has 1 heterocycles. The maximum atomic E-state index is 6.22. The number of aromatic nitrogens is 2. The van der Waals surface area contributed by atoms with Crippen molar-refractivity contribution in [2.24, 2.45) is 0 Å². The molecule has 3 rings (SSSR count). The Bertz CT molecular complexity index is 801. The second kappa shape index (κ2) is 7.54. The van der Waals surface area contributed by atoms with E-state index in [1.165, 1.54) is 22.3 Å². The molecule has 2 aromatic rings. The van der Waals surface area contributed by atoms with Crippen LogP contribution in [0, 0.1) is 0 Å². The molecule has 1 aromatic heterocycles. The van der Waals surface area contributed by atoms with Gasteiger partial charge in [-0.05, 0) is 55.8 Å². The van der Waals surface area contributed by atoms with E-state index < -0.39 is 0 Å². The zero-order valence-electron chi connectivity index (χ0n) is 15.2. The van der Waals surface area contributed by atoms with Gasteiger partial charge in [0.15, 0.2) is 0 Å². The Balaban J connectivity index is 2.05. The summed E-state index contributed by atoms with van der Waals surface area (Å²) in [7, 11) is 5.85. The first-order valence-corrected chi connectivity index (χ1v) is 8.89. The fourth-order valence-corrected chi connectivity index (χ4v) is 3.73. The summed E-state index contributed by atoms with van der Waals surface area (Å²) in [5, 5.41) is 0.789. The largest absolute Gasteiger partial charge is 0.480 e. The van der Waals surface area contributed by atoms with Gasteiger partial charge in [-0.2, -0.15) is 0 Å². The third kappa shape index (κ3) is 3.70. The molecule has 5 heteroatoms. The lowest BCUT2D eigenvalue weighted by Crippen LogP contribution is -2.14. The molecule has 0 aliphatic heterocycles. The van der Waals surface area contributed by atoms with Crippen LogP contribution < -0.4 is 4.74 Å². The summed E-state index contributed by atoms with van der Waals surface area (Å²) in [5.74, 6) is 0.708. The van der Waals surface area contributed by atoms with E-state index >= 15 is 0 Å². The minimum absolute atomic E-state index is 0.114. The minimum atomic E-state index is 0.114. The number of methoxy groups -OCH3 is 1. The average molecular weight is 358 g/mol. The number of ether oxygens (including phenoxy) is 1. The topological polar surface area (TPSA) is 38.3 Å². The van der Waals surface area contributed by atoms with Crippen LogP contribution in [0.15, 0.2) is 36.2 Å². The van der Waals surface area contributed by atoms with E-state index in [-0.39, 0.29) is 5.92 Å². The number of halogens is 1. The van der Waals surface area contributed by atoms with E-state index in [1.807, 2.05) is 6.07 Å². The lowest BCUT2D eigenvalue weighted by atomic mass is 9.90. The molecule has 0 amide bonds. The van der Waals surface area contributed by atoms with E-state index in [1.54, 1.807) is 19.5 Å². The molecule has 25 heavy (non-hydrogen) atoms. The van der Waals surface area contributed by atoms with Gasteiger partial charge in [0.1, 0.15) is 5.69 Å². The van der Waals surface area contributed by atoms with Crippen LogP contribution in [0.1, 0.15) is 36.1 Å². The van der Waals surface area contributed by atoms with Crippen molar-refractivity contribution in [1.82, 2.24) is 14.9 Å². The highest BCUT2D eigenvalue weighted by Crippen LogP contribution is 2.44. The van der Waals surface area contributed by atoms with Crippen LogP contribution >= 0.6 is 11.6 Å². The Kier molecular flexibility index (Phi) is 5.40. The number of hydrogen-bond acceptors (Lipinski definition) is 4. The summed E-state index contributed by atoms with van der Waals surface area (Å²) >= 11 is 6.22. The van der Waals surface area contributed by atoms with Crippen LogP contribution in [0.5, 0.6) is 5.88 Å². The second-order valence-corrected chi connectivity index (χ2v) is 7.16. The van der Waals surface area contributed by atoms with Crippen LogP contribution in [0.4, 0.5) is 0 Å². The first kappa shape index (κ1) is 17.9. The van der Waals surface area contributed by atoms with Crippen molar-refractivity contribution in [2.75, 3.05) is 27.7 Å². The predicted molar refractivity (Wildman–Crippen MR) is 102 cm³/mol. The molecule has 4 nitrogen and oxygen atoms in total. The van der Waals surface area contributed by atoms with E-state index in [0.29, 0.717) is 5.88 Å². The molecule has 0 saturated carbocycles. The van der Waals surface area contributed by atoms with Crippen LogP contribution in [-0.2, 0) is 6.42 Å². The molecular formula is C20H24ClN3O. The van der Waals surface area contributed by atoms with Crippen molar-refractivity contribution in [1.29, 1.82) is 0 Å². The van der Waals surface area contributed by atoms with Gasteiger partial charge >= 0.3 is 0 Å². The van der Waals surface area contributed by atoms with Crippen LogP contribution in [0.3, 0.4) is 0 Å². The van der Waals surface area contributed by atoms with Gasteiger partial charge in [0.05, 0.1) is 7.11 Å². The second-order valence-electron chi connectivity index (χ2n) is 6.72. The molecule has 0 spiro atoms. The van der Waals surface area contributed by atoms with Crippen molar-refractivity contribution in [3.05, 3.63) is 58.0 Å².